The van der Waals surface area contributed by atoms with E-state index in [2.05, 4.69) is 14.7 Å². The van der Waals surface area contributed by atoms with Crippen molar-refractivity contribution in [3.63, 3.8) is 0 Å². The van der Waals surface area contributed by atoms with Crippen molar-refractivity contribution in [1.29, 1.82) is 0 Å². The maximum Gasteiger partial charge on any atom is 0.375 e. The lowest BCUT2D eigenvalue weighted by molar-refractivity contribution is -0.135. The summed E-state index contributed by atoms with van der Waals surface area (Å²) in [6, 6.07) is 0. The van der Waals surface area contributed by atoms with E-state index < -0.39 is 5.97 Å². The third-order valence-electron chi connectivity index (χ3n) is 0.994. The van der Waals surface area contributed by atoms with Crippen molar-refractivity contribution in [3.8, 4) is 0 Å². The number of aliphatic imine (C=N–C) groups is 2. The number of nitrogens with zero attached hydrogens (tertiary/aromatic N) is 2. The van der Waals surface area contributed by atoms with Crippen molar-refractivity contribution < 1.29 is 9.53 Å². The molecular formula is C6H8N2O2. The van der Waals surface area contributed by atoms with E-state index in [9.17, 15) is 4.79 Å². The Labute approximate surface area is 58.6 Å². The van der Waals surface area contributed by atoms with Gasteiger partial charge in [0, 0.05) is 6.21 Å². The molecule has 1 rings (SSSR count). The lowest BCUT2D eigenvalue weighted by Gasteiger charge is -1.95. The maximum absolute atomic E-state index is 10.8. The zero-order valence-electron chi connectivity index (χ0n) is 5.70. The Morgan fingerprint density at radius 1 is 1.90 bits per heavy atom. The van der Waals surface area contributed by atoms with Crippen LogP contribution in [0, 0.1) is 0 Å². The zero-order chi connectivity index (χ0) is 7.40. The highest BCUT2D eigenvalue weighted by molar-refractivity contribution is 6.38. The lowest BCUT2D eigenvalue weighted by atomic mass is 10.6. The molecule has 0 aliphatic carbocycles. The van der Waals surface area contributed by atoms with Crippen LogP contribution < -0.4 is 0 Å². The number of rotatable bonds is 2. The normalized spacial score (nSPS) is 15.1. The Morgan fingerprint density at radius 3 is 3.20 bits per heavy atom. The summed E-state index contributed by atoms with van der Waals surface area (Å²) in [5.74, 6) is -0.252. The first-order chi connectivity index (χ1) is 4.84. The number of esters is 1. The summed E-state index contributed by atoms with van der Waals surface area (Å²) in [6.07, 6.45) is 1.58. The van der Waals surface area contributed by atoms with Crippen molar-refractivity contribution in [2.75, 3.05) is 13.2 Å². The molecule has 1 aliphatic heterocycles. The lowest BCUT2D eigenvalue weighted by Crippen LogP contribution is -2.13. The van der Waals surface area contributed by atoms with Crippen molar-refractivity contribution in [2.24, 2.45) is 9.98 Å². The summed E-state index contributed by atoms with van der Waals surface area (Å²) in [5, 5.41) is 0. The molecule has 0 saturated heterocycles. The molecule has 4 heteroatoms. The molecule has 0 atom stereocenters. The molecule has 1 aliphatic rings. The molecule has 0 unspecified atom stereocenters. The molecule has 54 valence electrons. The van der Waals surface area contributed by atoms with Crippen LogP contribution in [-0.2, 0) is 9.53 Å². The Kier molecular flexibility index (Phi) is 2.15. The highest BCUT2D eigenvalue weighted by Gasteiger charge is 2.12. The molecule has 0 bridgehead atoms. The summed E-state index contributed by atoms with van der Waals surface area (Å²) in [5.41, 5.74) is 0. The quantitative estimate of drug-likeness (QED) is 0.508. The minimum atomic E-state index is -0.434. The average Bonchev–Trinajstić information content (AvgIpc) is 2.38. The minimum absolute atomic E-state index is 0.182. The van der Waals surface area contributed by atoms with Crippen LogP contribution >= 0.6 is 0 Å². The van der Waals surface area contributed by atoms with Gasteiger partial charge in [0.2, 0.25) is 5.84 Å². The van der Waals surface area contributed by atoms with Crippen molar-refractivity contribution in [3.05, 3.63) is 0 Å². The molecule has 0 saturated carbocycles. The smallest absolute Gasteiger partial charge is 0.375 e. The fourth-order valence-corrected chi connectivity index (χ4v) is 0.608. The van der Waals surface area contributed by atoms with Gasteiger partial charge in [-0.2, -0.15) is 0 Å². The Balaban J connectivity index is 2.48. The third kappa shape index (κ3) is 1.40. The van der Waals surface area contributed by atoms with Crippen LogP contribution in [0.3, 0.4) is 0 Å². The van der Waals surface area contributed by atoms with Crippen LogP contribution in [0.2, 0.25) is 0 Å². The predicted molar refractivity (Wildman–Crippen MR) is 37.4 cm³/mol. The maximum atomic E-state index is 10.8. The highest BCUT2D eigenvalue weighted by Crippen LogP contribution is 1.91. The molecule has 0 radical (unpaired) electrons. The minimum Gasteiger partial charge on any atom is -0.460 e. The van der Waals surface area contributed by atoms with E-state index in [4.69, 9.17) is 0 Å². The topological polar surface area (TPSA) is 51.0 Å². The highest BCUT2D eigenvalue weighted by atomic mass is 16.5. The fraction of sp³-hybridized carbons (Fsp3) is 0.500. The number of carbonyl (C=O) groups is 1. The molecular weight excluding hydrogens is 132 g/mol. The van der Waals surface area contributed by atoms with Gasteiger partial charge in [-0.25, -0.2) is 9.79 Å². The van der Waals surface area contributed by atoms with E-state index in [1.54, 1.807) is 13.1 Å². The van der Waals surface area contributed by atoms with Crippen molar-refractivity contribution in [1.82, 2.24) is 0 Å². The van der Waals surface area contributed by atoms with Crippen LogP contribution in [-0.4, -0.2) is 31.2 Å². The second kappa shape index (κ2) is 3.10. The molecule has 10 heavy (non-hydrogen) atoms. The van der Waals surface area contributed by atoms with E-state index in [1.807, 2.05) is 0 Å². The van der Waals surface area contributed by atoms with E-state index in [-0.39, 0.29) is 5.84 Å². The second-order valence-corrected chi connectivity index (χ2v) is 1.70. The molecule has 1 heterocycles. The van der Waals surface area contributed by atoms with Gasteiger partial charge < -0.3 is 4.74 Å². The molecule has 4 nitrogen and oxygen atoms in total. The molecule has 0 fully saturated rings. The van der Waals surface area contributed by atoms with Crippen LogP contribution in [0.4, 0.5) is 0 Å². The van der Waals surface area contributed by atoms with Crippen LogP contribution in [0.1, 0.15) is 6.92 Å². The van der Waals surface area contributed by atoms with E-state index in [0.717, 1.165) is 0 Å². The van der Waals surface area contributed by atoms with Gasteiger partial charge in [0.1, 0.15) is 0 Å². The number of hydrogen-bond donors (Lipinski definition) is 0. The van der Waals surface area contributed by atoms with Crippen molar-refractivity contribution >= 4 is 18.0 Å². The predicted octanol–water partition coefficient (Wildman–Crippen LogP) is 0.0324. The molecule has 0 aromatic carbocycles. The number of carbonyl (C=O) groups excluding carboxylic acids is 1. The summed E-state index contributed by atoms with van der Waals surface area (Å²) >= 11 is 0. The first-order valence-electron chi connectivity index (χ1n) is 3.08. The Hall–Kier alpha value is -1.19. The van der Waals surface area contributed by atoms with Crippen LogP contribution in [0.25, 0.3) is 0 Å². The Bertz CT molecular complexity index is 196. The average molecular weight is 140 g/mol. The molecule has 0 aromatic rings. The first-order valence-corrected chi connectivity index (χ1v) is 3.08. The van der Waals surface area contributed by atoms with Gasteiger partial charge >= 0.3 is 5.97 Å². The van der Waals surface area contributed by atoms with E-state index in [0.29, 0.717) is 13.2 Å². The Morgan fingerprint density at radius 2 is 2.70 bits per heavy atom. The summed E-state index contributed by atoms with van der Waals surface area (Å²) in [6.45, 7) is 2.61. The summed E-state index contributed by atoms with van der Waals surface area (Å²) in [4.78, 5) is 18.3. The fourth-order valence-electron chi connectivity index (χ4n) is 0.608. The van der Waals surface area contributed by atoms with Gasteiger partial charge in [0.15, 0.2) is 0 Å². The largest absolute Gasteiger partial charge is 0.460 e. The summed E-state index contributed by atoms with van der Waals surface area (Å²) < 4.78 is 4.64. The van der Waals surface area contributed by atoms with Gasteiger partial charge in [-0.3, -0.25) is 4.99 Å². The van der Waals surface area contributed by atoms with Crippen LogP contribution in [0.15, 0.2) is 9.98 Å². The first kappa shape index (κ1) is 6.92. The third-order valence-corrected chi connectivity index (χ3v) is 0.994. The number of amidine groups is 1. The second-order valence-electron chi connectivity index (χ2n) is 1.70. The van der Waals surface area contributed by atoms with E-state index >= 15 is 0 Å². The summed E-state index contributed by atoms with van der Waals surface area (Å²) in [7, 11) is 0. The number of hydrogen-bond acceptors (Lipinski definition) is 4. The molecule has 0 amide bonds. The molecule has 0 aromatic heterocycles. The monoisotopic (exact) mass is 140 g/mol. The van der Waals surface area contributed by atoms with Crippen LogP contribution in [0.5, 0.6) is 0 Å². The van der Waals surface area contributed by atoms with Gasteiger partial charge in [-0.15, -0.1) is 0 Å². The molecule has 0 N–H and O–H groups in total. The zero-order valence-corrected chi connectivity index (χ0v) is 5.70. The standard InChI is InChI=1S/C6H8N2O2/c1-2-10-6(9)5-7-3-4-8-5/h3H,2,4H2,1H3. The SMILES string of the molecule is CCOC(=O)C1=NCC=N1. The van der Waals surface area contributed by atoms with Gasteiger partial charge in [-0.05, 0) is 6.92 Å². The molecule has 0 spiro atoms. The van der Waals surface area contributed by atoms with E-state index in [1.165, 1.54) is 0 Å². The van der Waals surface area contributed by atoms with Gasteiger partial charge in [0.25, 0.3) is 0 Å². The van der Waals surface area contributed by atoms with Crippen molar-refractivity contribution in [2.45, 2.75) is 6.92 Å². The number of ether oxygens (including phenoxy) is 1. The van der Waals surface area contributed by atoms with Gasteiger partial charge in [0.05, 0.1) is 13.2 Å². The van der Waals surface area contributed by atoms with Gasteiger partial charge in [-0.1, -0.05) is 0 Å².